The van der Waals surface area contributed by atoms with Crippen LogP contribution in [0.25, 0.3) is 0 Å². The Hall–Kier alpha value is -1.12. The highest BCUT2D eigenvalue weighted by atomic mass is 79.9. The lowest BCUT2D eigenvalue weighted by Crippen LogP contribution is -2.28. The lowest BCUT2D eigenvalue weighted by atomic mass is 9.81. The molecule has 0 amide bonds. The van der Waals surface area contributed by atoms with Crippen LogP contribution in [0.15, 0.2) is 53.0 Å². The van der Waals surface area contributed by atoms with E-state index in [1.807, 2.05) is 0 Å². The summed E-state index contributed by atoms with van der Waals surface area (Å²) in [5, 5.41) is 3.82. The third-order valence-corrected chi connectivity index (χ3v) is 5.08. The Kier molecular flexibility index (Phi) is 4.46. The van der Waals surface area contributed by atoms with Gasteiger partial charge in [0.2, 0.25) is 0 Å². The number of fused-ring (bicyclic) bond motifs is 1. The summed E-state index contributed by atoms with van der Waals surface area (Å²) in [5.41, 5.74) is 4.33. The van der Waals surface area contributed by atoms with Gasteiger partial charge in [-0.3, -0.25) is 0 Å². The molecule has 0 aromatic heterocycles. The van der Waals surface area contributed by atoms with E-state index >= 15 is 0 Å². The molecule has 1 N–H and O–H groups in total. The van der Waals surface area contributed by atoms with E-state index in [9.17, 15) is 0 Å². The maximum Gasteiger partial charge on any atom is 0.0328 e. The van der Waals surface area contributed by atoms with Crippen LogP contribution in [-0.4, -0.2) is 0 Å². The lowest BCUT2D eigenvalue weighted by Gasteiger charge is -2.32. The van der Waals surface area contributed by atoms with Crippen molar-refractivity contribution in [3.8, 4) is 0 Å². The topological polar surface area (TPSA) is 12.0 Å². The van der Waals surface area contributed by atoms with E-state index in [1.165, 1.54) is 29.5 Å². The molecule has 0 heterocycles. The van der Waals surface area contributed by atoms with Crippen molar-refractivity contribution < 1.29 is 0 Å². The summed E-state index contributed by atoms with van der Waals surface area (Å²) in [6.45, 7) is 4.59. The van der Waals surface area contributed by atoms with Gasteiger partial charge in [0.05, 0.1) is 0 Å². The number of nitrogens with one attached hydrogen (secondary N) is 1. The van der Waals surface area contributed by atoms with Gasteiger partial charge in [0.25, 0.3) is 0 Å². The highest BCUT2D eigenvalue weighted by Gasteiger charge is 2.25. The number of rotatable bonds is 3. The summed E-state index contributed by atoms with van der Waals surface area (Å²) >= 11 is 3.56. The Morgan fingerprint density at radius 3 is 2.57 bits per heavy atom. The molecule has 21 heavy (non-hydrogen) atoms. The molecular weight excluding hydrogens is 322 g/mol. The maximum atomic E-state index is 3.82. The summed E-state index contributed by atoms with van der Waals surface area (Å²) in [5.74, 6) is 0.681. The van der Waals surface area contributed by atoms with Gasteiger partial charge in [-0.15, -0.1) is 0 Å². The Labute approximate surface area is 135 Å². The molecule has 0 aliphatic heterocycles. The van der Waals surface area contributed by atoms with Crippen LogP contribution in [-0.2, 0) is 0 Å². The second kappa shape index (κ2) is 6.33. The van der Waals surface area contributed by atoms with E-state index in [2.05, 4.69) is 83.6 Å². The van der Waals surface area contributed by atoms with Crippen molar-refractivity contribution in [1.82, 2.24) is 5.32 Å². The molecule has 110 valence electrons. The SMILES string of the molecule is CC1CCC(N[C@@H](C)c2cccc(Br)c2)c2ccccc21. The predicted molar refractivity (Wildman–Crippen MR) is 92.5 cm³/mol. The van der Waals surface area contributed by atoms with Gasteiger partial charge in [-0.2, -0.15) is 0 Å². The van der Waals surface area contributed by atoms with Crippen molar-refractivity contribution in [2.24, 2.45) is 0 Å². The Morgan fingerprint density at radius 2 is 1.81 bits per heavy atom. The van der Waals surface area contributed by atoms with E-state index in [1.54, 1.807) is 0 Å². The molecular formula is C19H22BrN. The van der Waals surface area contributed by atoms with Crippen LogP contribution in [0.1, 0.15) is 61.4 Å². The predicted octanol–water partition coefficient (Wildman–Crippen LogP) is 5.74. The molecule has 2 aromatic carbocycles. The van der Waals surface area contributed by atoms with E-state index in [0.29, 0.717) is 18.0 Å². The Bertz CT molecular complexity index is 622. The molecule has 1 aliphatic carbocycles. The lowest BCUT2D eigenvalue weighted by molar-refractivity contribution is 0.396. The van der Waals surface area contributed by atoms with E-state index in [4.69, 9.17) is 0 Å². The average Bonchev–Trinajstić information content (AvgIpc) is 2.50. The minimum absolute atomic E-state index is 0.356. The molecule has 0 saturated heterocycles. The van der Waals surface area contributed by atoms with Crippen molar-refractivity contribution >= 4 is 15.9 Å². The summed E-state index contributed by atoms with van der Waals surface area (Å²) in [6, 6.07) is 18.3. The quantitative estimate of drug-likeness (QED) is 0.749. The van der Waals surface area contributed by atoms with Crippen molar-refractivity contribution in [2.75, 3.05) is 0 Å². The second-order valence-corrected chi connectivity index (χ2v) is 7.02. The van der Waals surface area contributed by atoms with Crippen molar-refractivity contribution in [1.29, 1.82) is 0 Å². The zero-order chi connectivity index (χ0) is 14.8. The molecule has 0 radical (unpaired) electrons. The molecule has 0 saturated carbocycles. The molecule has 1 nitrogen and oxygen atoms in total. The Morgan fingerprint density at radius 1 is 1.05 bits per heavy atom. The molecule has 0 bridgehead atoms. The fourth-order valence-corrected chi connectivity index (χ4v) is 3.77. The smallest absolute Gasteiger partial charge is 0.0328 e. The van der Waals surface area contributed by atoms with Gasteiger partial charge in [0.1, 0.15) is 0 Å². The first-order chi connectivity index (χ1) is 10.1. The fourth-order valence-electron chi connectivity index (χ4n) is 3.35. The molecule has 2 unspecified atom stereocenters. The molecule has 1 aliphatic rings. The van der Waals surface area contributed by atoms with Gasteiger partial charge in [-0.1, -0.05) is 59.3 Å². The first-order valence-corrected chi connectivity index (χ1v) is 8.55. The minimum Gasteiger partial charge on any atom is -0.303 e. The highest BCUT2D eigenvalue weighted by molar-refractivity contribution is 9.10. The summed E-state index contributed by atoms with van der Waals surface area (Å²) in [6.07, 6.45) is 2.48. The zero-order valence-corrected chi connectivity index (χ0v) is 14.2. The number of benzene rings is 2. The minimum atomic E-state index is 0.356. The molecule has 3 rings (SSSR count). The molecule has 0 fully saturated rings. The molecule has 0 spiro atoms. The molecule has 3 atom stereocenters. The molecule has 2 heteroatoms. The Balaban J connectivity index is 1.81. The van der Waals surface area contributed by atoms with Gasteiger partial charge >= 0.3 is 0 Å². The van der Waals surface area contributed by atoms with Crippen molar-refractivity contribution in [3.63, 3.8) is 0 Å². The third kappa shape index (κ3) is 3.22. The van der Waals surface area contributed by atoms with Crippen molar-refractivity contribution in [3.05, 3.63) is 69.7 Å². The number of hydrogen-bond acceptors (Lipinski definition) is 1. The molecule has 2 aromatic rings. The first-order valence-electron chi connectivity index (χ1n) is 7.75. The zero-order valence-electron chi connectivity index (χ0n) is 12.6. The second-order valence-electron chi connectivity index (χ2n) is 6.10. The van der Waals surface area contributed by atoms with Crippen LogP contribution < -0.4 is 5.32 Å². The number of halogens is 1. The third-order valence-electron chi connectivity index (χ3n) is 4.59. The van der Waals surface area contributed by atoms with Crippen molar-refractivity contribution in [2.45, 2.75) is 44.7 Å². The van der Waals surface area contributed by atoms with E-state index in [0.717, 1.165) is 4.47 Å². The largest absolute Gasteiger partial charge is 0.303 e. The first kappa shape index (κ1) is 14.8. The van der Waals surface area contributed by atoms with Crippen LogP contribution in [0.5, 0.6) is 0 Å². The summed E-state index contributed by atoms with van der Waals surface area (Å²) in [4.78, 5) is 0. The van der Waals surface area contributed by atoms with Gasteiger partial charge in [0.15, 0.2) is 0 Å². The average molecular weight is 344 g/mol. The number of hydrogen-bond donors (Lipinski definition) is 1. The standard InChI is InChI=1S/C19H22BrN/c1-13-10-11-19(18-9-4-3-8-17(13)18)21-14(2)15-6-5-7-16(20)12-15/h3-9,12-14,19,21H,10-11H2,1-2H3/t13?,14-,19?/m0/s1. The van der Waals surface area contributed by atoms with Crippen LogP contribution in [0, 0.1) is 0 Å². The van der Waals surface area contributed by atoms with Crippen LogP contribution in [0.4, 0.5) is 0 Å². The summed E-state index contributed by atoms with van der Waals surface area (Å²) in [7, 11) is 0. The normalized spacial score (nSPS) is 22.6. The van der Waals surface area contributed by atoms with E-state index in [-0.39, 0.29) is 0 Å². The van der Waals surface area contributed by atoms with Gasteiger partial charge < -0.3 is 5.32 Å². The van der Waals surface area contributed by atoms with Gasteiger partial charge in [0, 0.05) is 16.6 Å². The van der Waals surface area contributed by atoms with Gasteiger partial charge in [-0.05, 0) is 54.5 Å². The highest BCUT2D eigenvalue weighted by Crippen LogP contribution is 2.38. The monoisotopic (exact) mass is 343 g/mol. The maximum absolute atomic E-state index is 3.82. The van der Waals surface area contributed by atoms with E-state index < -0.39 is 0 Å². The van der Waals surface area contributed by atoms with Crippen LogP contribution in [0.2, 0.25) is 0 Å². The summed E-state index contributed by atoms with van der Waals surface area (Å²) < 4.78 is 1.14. The van der Waals surface area contributed by atoms with Gasteiger partial charge in [-0.25, -0.2) is 0 Å². The fraction of sp³-hybridized carbons (Fsp3) is 0.368. The van der Waals surface area contributed by atoms with Crippen LogP contribution in [0.3, 0.4) is 0 Å². The van der Waals surface area contributed by atoms with Crippen LogP contribution >= 0.6 is 15.9 Å².